The molecule has 204 valence electrons. The number of aromatic amines is 1. The van der Waals surface area contributed by atoms with E-state index in [9.17, 15) is 24.3 Å². The van der Waals surface area contributed by atoms with Crippen molar-refractivity contribution < 1.29 is 24.3 Å². The highest BCUT2D eigenvalue weighted by molar-refractivity contribution is 7.98. The first-order valence-corrected chi connectivity index (χ1v) is 14.2. The van der Waals surface area contributed by atoms with Crippen LogP contribution in [0.2, 0.25) is 0 Å². The van der Waals surface area contributed by atoms with E-state index in [-0.39, 0.29) is 24.5 Å². The van der Waals surface area contributed by atoms with E-state index >= 15 is 0 Å². The van der Waals surface area contributed by atoms with E-state index in [2.05, 4.69) is 33.6 Å². The van der Waals surface area contributed by atoms with Crippen molar-refractivity contribution in [1.82, 2.24) is 20.9 Å². The van der Waals surface area contributed by atoms with Gasteiger partial charge in [-0.3, -0.25) is 14.4 Å². The summed E-state index contributed by atoms with van der Waals surface area (Å²) in [5.74, 6) is -2.51. The number of fused-ring (bicyclic) bond motifs is 1. The number of amides is 3. The Morgan fingerprint density at radius 3 is 2.30 bits per heavy atom. The molecule has 12 heteroatoms. The number of thioether (sulfide) groups is 1. The van der Waals surface area contributed by atoms with Gasteiger partial charge in [-0.15, -0.1) is 0 Å². The van der Waals surface area contributed by atoms with Crippen LogP contribution >= 0.6 is 24.4 Å². The van der Waals surface area contributed by atoms with Crippen LogP contribution in [0.25, 0.3) is 10.9 Å². The smallest absolute Gasteiger partial charge is 0.327 e. The summed E-state index contributed by atoms with van der Waals surface area (Å²) in [5, 5.41) is 18.1. The van der Waals surface area contributed by atoms with E-state index in [4.69, 9.17) is 5.73 Å². The van der Waals surface area contributed by atoms with Crippen molar-refractivity contribution in [3.8, 4) is 0 Å². The average Bonchev–Trinajstić information content (AvgIpc) is 3.30. The van der Waals surface area contributed by atoms with Crippen LogP contribution in [0.4, 0.5) is 0 Å². The first kappa shape index (κ1) is 30.5. The van der Waals surface area contributed by atoms with E-state index < -0.39 is 47.9 Å². The highest BCUT2D eigenvalue weighted by Crippen LogP contribution is 2.19. The lowest BCUT2D eigenvalue weighted by molar-refractivity contribution is -0.141. The number of carboxylic acids is 1. The van der Waals surface area contributed by atoms with Gasteiger partial charge in [-0.2, -0.15) is 24.4 Å². The van der Waals surface area contributed by atoms with Crippen LogP contribution in [0.3, 0.4) is 0 Å². The van der Waals surface area contributed by atoms with Gasteiger partial charge in [0, 0.05) is 29.3 Å². The maximum absolute atomic E-state index is 13.5. The number of rotatable bonds is 15. The van der Waals surface area contributed by atoms with E-state index in [0.29, 0.717) is 12.2 Å². The molecule has 0 bridgehead atoms. The van der Waals surface area contributed by atoms with Gasteiger partial charge in [0.15, 0.2) is 0 Å². The van der Waals surface area contributed by atoms with Crippen LogP contribution in [0.15, 0.2) is 30.5 Å². The first-order chi connectivity index (χ1) is 17.6. The highest BCUT2D eigenvalue weighted by atomic mass is 32.2. The van der Waals surface area contributed by atoms with E-state index in [1.54, 1.807) is 6.20 Å². The molecule has 10 nitrogen and oxygen atoms in total. The molecule has 0 spiro atoms. The van der Waals surface area contributed by atoms with Gasteiger partial charge in [-0.05, 0) is 36.0 Å². The third kappa shape index (κ3) is 8.68. The summed E-state index contributed by atoms with van der Waals surface area (Å²) in [6.45, 7) is 3.79. The predicted molar refractivity (Wildman–Crippen MR) is 150 cm³/mol. The second-order valence-electron chi connectivity index (χ2n) is 8.96. The molecule has 7 N–H and O–H groups in total. The van der Waals surface area contributed by atoms with Gasteiger partial charge >= 0.3 is 5.97 Å². The van der Waals surface area contributed by atoms with Crippen LogP contribution in [-0.4, -0.2) is 75.7 Å². The molecule has 5 unspecified atom stereocenters. The first-order valence-electron chi connectivity index (χ1n) is 12.2. The summed E-state index contributed by atoms with van der Waals surface area (Å²) in [4.78, 5) is 53.8. The lowest BCUT2D eigenvalue weighted by Gasteiger charge is -2.26. The quantitative estimate of drug-likeness (QED) is 0.164. The number of carbonyl (C=O) groups excluding carboxylic acids is 3. The normalized spacial score (nSPS) is 15.3. The number of nitrogens with one attached hydrogen (secondary N) is 4. The van der Waals surface area contributed by atoms with Crippen molar-refractivity contribution >= 4 is 59.0 Å². The summed E-state index contributed by atoms with van der Waals surface area (Å²) in [7, 11) is 0. The molecular formula is C25H37N5O5S2. The lowest BCUT2D eigenvalue weighted by Crippen LogP contribution is -2.58. The Balaban J connectivity index is 2.29. The molecule has 1 aromatic heterocycles. The summed E-state index contributed by atoms with van der Waals surface area (Å²) in [5.41, 5.74) is 7.83. The van der Waals surface area contributed by atoms with Crippen LogP contribution in [0.1, 0.15) is 32.3 Å². The number of carbonyl (C=O) groups is 4. The number of aliphatic carboxylic acids is 1. The molecule has 0 aliphatic carbocycles. The second-order valence-corrected chi connectivity index (χ2v) is 10.3. The highest BCUT2D eigenvalue weighted by Gasteiger charge is 2.31. The number of benzene rings is 1. The second kappa shape index (κ2) is 14.9. The third-order valence-corrected chi connectivity index (χ3v) is 7.34. The fourth-order valence-electron chi connectivity index (χ4n) is 3.74. The number of carboxylic acid groups (broad SMARTS) is 1. The Morgan fingerprint density at radius 1 is 1.05 bits per heavy atom. The van der Waals surface area contributed by atoms with Crippen molar-refractivity contribution in [3.05, 3.63) is 36.0 Å². The monoisotopic (exact) mass is 551 g/mol. The van der Waals surface area contributed by atoms with Gasteiger partial charge in [0.1, 0.15) is 18.1 Å². The molecular weight excluding hydrogens is 514 g/mol. The van der Waals surface area contributed by atoms with Gasteiger partial charge in [0.25, 0.3) is 0 Å². The number of para-hydroxylation sites is 1. The fraction of sp³-hybridized carbons (Fsp3) is 0.520. The predicted octanol–water partition coefficient (Wildman–Crippen LogP) is 1.31. The summed E-state index contributed by atoms with van der Waals surface area (Å²) < 4.78 is 0. The molecule has 0 saturated heterocycles. The van der Waals surface area contributed by atoms with Crippen molar-refractivity contribution in [2.45, 2.75) is 57.3 Å². The van der Waals surface area contributed by atoms with E-state index in [1.165, 1.54) is 11.8 Å². The number of nitrogens with two attached hydrogens (primary N) is 1. The largest absolute Gasteiger partial charge is 0.480 e. The van der Waals surface area contributed by atoms with Crippen molar-refractivity contribution in [2.24, 2.45) is 11.7 Å². The van der Waals surface area contributed by atoms with Crippen LogP contribution in [0.5, 0.6) is 0 Å². The molecule has 2 rings (SSSR count). The third-order valence-electron chi connectivity index (χ3n) is 6.33. The molecule has 0 aliphatic rings. The Hall–Kier alpha value is -2.70. The Labute approximate surface area is 226 Å². The molecule has 0 aliphatic heterocycles. The maximum Gasteiger partial charge on any atom is 0.327 e. The average molecular weight is 552 g/mol. The minimum atomic E-state index is -1.22. The zero-order valence-electron chi connectivity index (χ0n) is 21.3. The van der Waals surface area contributed by atoms with Crippen molar-refractivity contribution in [3.63, 3.8) is 0 Å². The van der Waals surface area contributed by atoms with Gasteiger partial charge in [-0.1, -0.05) is 38.5 Å². The standard InChI is InChI=1S/C25H37N5O5S2/c1-4-14(2)21(26)24(33)29-19(11-15-12-27-17-8-6-5-7-16(15)17)23(32)28-18(9-10-37-3)22(31)30-20(13-36)25(34)35/h5-8,12,14,18-21,27,36H,4,9-11,13,26H2,1-3H3,(H,28,32)(H,29,33)(H,30,31)(H,34,35). The molecule has 1 aromatic carbocycles. The zero-order valence-corrected chi connectivity index (χ0v) is 23.0. The number of H-pyrrole nitrogens is 1. The summed E-state index contributed by atoms with van der Waals surface area (Å²) >= 11 is 5.47. The molecule has 37 heavy (non-hydrogen) atoms. The minimum Gasteiger partial charge on any atom is -0.480 e. The molecule has 0 saturated carbocycles. The maximum atomic E-state index is 13.5. The number of hydrogen-bond acceptors (Lipinski definition) is 7. The van der Waals surface area contributed by atoms with E-state index in [1.807, 2.05) is 44.4 Å². The molecule has 2 aromatic rings. The molecule has 3 amide bonds. The summed E-state index contributed by atoms with van der Waals surface area (Å²) in [6.07, 6.45) is 4.78. The molecule has 0 radical (unpaired) electrons. The Bertz CT molecular complexity index is 1080. The van der Waals surface area contributed by atoms with Gasteiger partial charge < -0.3 is 31.8 Å². The molecule has 0 fully saturated rings. The number of hydrogen-bond donors (Lipinski definition) is 7. The van der Waals surface area contributed by atoms with Crippen LogP contribution in [0, 0.1) is 5.92 Å². The Morgan fingerprint density at radius 2 is 1.68 bits per heavy atom. The topological polar surface area (TPSA) is 166 Å². The van der Waals surface area contributed by atoms with Gasteiger partial charge in [-0.25, -0.2) is 4.79 Å². The minimum absolute atomic E-state index is 0.0916. The van der Waals surface area contributed by atoms with Gasteiger partial charge in [0.05, 0.1) is 6.04 Å². The van der Waals surface area contributed by atoms with Gasteiger partial charge in [0.2, 0.25) is 17.7 Å². The Kier molecular flexibility index (Phi) is 12.3. The van der Waals surface area contributed by atoms with Crippen molar-refractivity contribution in [1.29, 1.82) is 0 Å². The number of thiol groups is 1. The summed E-state index contributed by atoms with van der Waals surface area (Å²) in [6, 6.07) is 3.61. The molecule has 5 atom stereocenters. The van der Waals surface area contributed by atoms with E-state index in [0.717, 1.165) is 16.5 Å². The van der Waals surface area contributed by atoms with Crippen molar-refractivity contribution in [2.75, 3.05) is 17.8 Å². The van der Waals surface area contributed by atoms with Crippen LogP contribution in [-0.2, 0) is 25.6 Å². The number of aromatic nitrogens is 1. The SMILES string of the molecule is CCC(C)C(N)C(=O)NC(Cc1c[nH]c2ccccc12)C(=O)NC(CCSC)C(=O)NC(CS)C(=O)O. The lowest BCUT2D eigenvalue weighted by atomic mass is 9.98. The zero-order chi connectivity index (χ0) is 27.5. The van der Waals surface area contributed by atoms with Crippen LogP contribution < -0.4 is 21.7 Å². The fourth-order valence-corrected chi connectivity index (χ4v) is 4.46. The molecule has 1 heterocycles.